The number of rotatable bonds is 6. The number of benzene rings is 1. The van der Waals surface area contributed by atoms with E-state index in [0.29, 0.717) is 11.0 Å². The smallest absolute Gasteiger partial charge is 0.211 e. The minimum atomic E-state index is -3.42. The molecule has 0 aromatic heterocycles. The van der Waals surface area contributed by atoms with Gasteiger partial charge < -0.3 is 0 Å². The van der Waals surface area contributed by atoms with E-state index in [1.165, 1.54) is 0 Å². The molecule has 17 heavy (non-hydrogen) atoms. The van der Waals surface area contributed by atoms with Crippen LogP contribution in [0.15, 0.2) is 32.0 Å². The van der Waals surface area contributed by atoms with Crippen molar-refractivity contribution in [1.82, 2.24) is 4.72 Å². The summed E-state index contributed by atoms with van der Waals surface area (Å²) in [6, 6.07) is 5.00. The summed E-state index contributed by atoms with van der Waals surface area (Å²) in [5, 5.41) is 0. The number of nitrogens with one attached hydrogen (secondary N) is 1. The number of hydrogen-bond acceptors (Lipinski definition) is 3. The average Bonchev–Trinajstić information content (AvgIpc) is 2.24. The van der Waals surface area contributed by atoms with E-state index in [2.05, 4.69) is 36.6 Å². The van der Waals surface area contributed by atoms with Crippen molar-refractivity contribution in [2.24, 2.45) is 0 Å². The van der Waals surface area contributed by atoms with Gasteiger partial charge >= 0.3 is 0 Å². The van der Waals surface area contributed by atoms with Gasteiger partial charge in [0, 0.05) is 15.5 Å². The minimum Gasteiger partial charge on any atom is -0.211 e. The molecule has 1 aromatic carbocycles. The van der Waals surface area contributed by atoms with E-state index >= 15 is 0 Å². The van der Waals surface area contributed by atoms with Crippen LogP contribution >= 0.6 is 43.6 Å². The van der Waals surface area contributed by atoms with E-state index in [1.807, 2.05) is 6.26 Å². The molecule has 0 saturated carbocycles. The lowest BCUT2D eigenvalue weighted by molar-refractivity contribution is 0.580. The monoisotopic (exact) mass is 401 g/mol. The topological polar surface area (TPSA) is 46.2 Å². The van der Waals surface area contributed by atoms with Crippen molar-refractivity contribution in [1.29, 1.82) is 0 Å². The molecule has 1 rings (SSSR count). The maximum absolute atomic E-state index is 12.0. The third-order valence-corrected chi connectivity index (χ3v) is 5.63. The Kier molecular flexibility index (Phi) is 6.50. The molecule has 0 atom stereocenters. The molecule has 1 N–H and O–H groups in total. The molecule has 0 unspecified atom stereocenters. The standard InChI is InChI=1S/C10H13Br2NO2S2/c1-16-6-2-5-13-17(14,15)10-4-3-8(11)7-9(10)12/h3-4,7,13H,2,5-6H2,1H3. The molecule has 0 spiro atoms. The molecule has 0 fully saturated rings. The molecule has 0 radical (unpaired) electrons. The van der Waals surface area contributed by atoms with E-state index < -0.39 is 10.0 Å². The molecule has 0 bridgehead atoms. The normalized spacial score (nSPS) is 11.7. The van der Waals surface area contributed by atoms with E-state index in [1.54, 1.807) is 30.0 Å². The maximum Gasteiger partial charge on any atom is 0.241 e. The van der Waals surface area contributed by atoms with Crippen LogP contribution in [0.3, 0.4) is 0 Å². The Morgan fingerprint density at radius 2 is 2.06 bits per heavy atom. The number of halogens is 2. The second-order valence-electron chi connectivity index (χ2n) is 3.32. The summed E-state index contributed by atoms with van der Waals surface area (Å²) in [6.07, 6.45) is 2.83. The molecule has 0 amide bonds. The number of hydrogen-bond donors (Lipinski definition) is 1. The summed E-state index contributed by atoms with van der Waals surface area (Å²) in [5.74, 6) is 0.948. The predicted molar refractivity (Wildman–Crippen MR) is 80.0 cm³/mol. The SMILES string of the molecule is CSCCCNS(=O)(=O)c1ccc(Br)cc1Br. The Bertz CT molecular complexity index is 477. The fourth-order valence-corrected chi connectivity index (χ4v) is 4.44. The van der Waals surface area contributed by atoms with E-state index in [-0.39, 0.29) is 4.90 Å². The van der Waals surface area contributed by atoms with Crippen LogP contribution in [-0.2, 0) is 10.0 Å². The maximum atomic E-state index is 12.0. The molecule has 3 nitrogen and oxygen atoms in total. The molecule has 0 aliphatic carbocycles. The highest BCUT2D eigenvalue weighted by Gasteiger charge is 2.16. The summed E-state index contributed by atoms with van der Waals surface area (Å²) in [4.78, 5) is 0.268. The molecular weight excluding hydrogens is 390 g/mol. The van der Waals surface area contributed by atoms with Crippen molar-refractivity contribution < 1.29 is 8.42 Å². The lowest BCUT2D eigenvalue weighted by atomic mass is 10.4. The van der Waals surface area contributed by atoms with Crippen LogP contribution in [0.1, 0.15) is 6.42 Å². The van der Waals surface area contributed by atoms with Crippen molar-refractivity contribution in [3.8, 4) is 0 Å². The van der Waals surface area contributed by atoms with Crippen molar-refractivity contribution >= 4 is 53.6 Å². The molecule has 1 aromatic rings. The Hall–Kier alpha value is 0.440. The first-order valence-electron chi connectivity index (χ1n) is 4.91. The molecule has 0 heterocycles. The summed E-state index contributed by atoms with van der Waals surface area (Å²) < 4.78 is 27.9. The first-order chi connectivity index (χ1) is 7.97. The highest BCUT2D eigenvalue weighted by Crippen LogP contribution is 2.25. The van der Waals surface area contributed by atoms with Gasteiger partial charge in [-0.2, -0.15) is 11.8 Å². The minimum absolute atomic E-state index is 0.268. The highest BCUT2D eigenvalue weighted by molar-refractivity contribution is 9.11. The summed E-state index contributed by atoms with van der Waals surface area (Å²) in [7, 11) is -3.42. The molecule has 96 valence electrons. The van der Waals surface area contributed by atoms with E-state index in [0.717, 1.165) is 16.6 Å². The van der Waals surface area contributed by atoms with Crippen LogP contribution in [-0.4, -0.2) is 27.0 Å². The van der Waals surface area contributed by atoms with Gasteiger partial charge in [0.2, 0.25) is 10.0 Å². The van der Waals surface area contributed by atoms with Crippen LogP contribution in [0, 0.1) is 0 Å². The predicted octanol–water partition coefficient (Wildman–Crippen LogP) is 3.24. The fraction of sp³-hybridized carbons (Fsp3) is 0.400. The number of thioether (sulfide) groups is 1. The summed E-state index contributed by atoms with van der Waals surface area (Å²) >= 11 is 8.24. The van der Waals surface area contributed by atoms with Crippen LogP contribution in [0.2, 0.25) is 0 Å². The van der Waals surface area contributed by atoms with Crippen LogP contribution in [0.5, 0.6) is 0 Å². The van der Waals surface area contributed by atoms with Crippen LogP contribution in [0.25, 0.3) is 0 Å². The van der Waals surface area contributed by atoms with Crippen molar-refractivity contribution in [2.45, 2.75) is 11.3 Å². The molecule has 0 aliphatic heterocycles. The van der Waals surface area contributed by atoms with Gasteiger partial charge in [-0.1, -0.05) is 15.9 Å². The fourth-order valence-electron chi connectivity index (χ4n) is 1.19. The third kappa shape index (κ3) is 4.90. The Morgan fingerprint density at radius 3 is 2.65 bits per heavy atom. The van der Waals surface area contributed by atoms with Crippen molar-refractivity contribution in [2.75, 3.05) is 18.6 Å². The second kappa shape index (κ2) is 7.13. The van der Waals surface area contributed by atoms with Gasteiger partial charge in [-0.15, -0.1) is 0 Å². The molecule has 7 heteroatoms. The van der Waals surface area contributed by atoms with Crippen molar-refractivity contribution in [3.63, 3.8) is 0 Å². The first-order valence-corrected chi connectivity index (χ1v) is 9.37. The molecular formula is C10H13Br2NO2S2. The lowest BCUT2D eigenvalue weighted by Gasteiger charge is -2.08. The van der Waals surface area contributed by atoms with Crippen molar-refractivity contribution in [3.05, 3.63) is 27.1 Å². The zero-order valence-electron chi connectivity index (χ0n) is 9.24. The quantitative estimate of drug-likeness (QED) is 0.743. The van der Waals surface area contributed by atoms with Gasteiger partial charge in [0.15, 0.2) is 0 Å². The van der Waals surface area contributed by atoms with Gasteiger partial charge in [-0.3, -0.25) is 0 Å². The lowest BCUT2D eigenvalue weighted by Crippen LogP contribution is -2.25. The van der Waals surface area contributed by atoms with E-state index in [9.17, 15) is 8.42 Å². The zero-order chi connectivity index (χ0) is 12.9. The molecule has 0 aliphatic rings. The van der Waals surface area contributed by atoms with E-state index in [4.69, 9.17) is 0 Å². The summed E-state index contributed by atoms with van der Waals surface area (Å²) in [6.45, 7) is 0.464. The Balaban J connectivity index is 2.76. The summed E-state index contributed by atoms with van der Waals surface area (Å²) in [5.41, 5.74) is 0. The zero-order valence-corrected chi connectivity index (χ0v) is 14.0. The second-order valence-corrected chi connectivity index (χ2v) is 7.81. The van der Waals surface area contributed by atoms with Gasteiger partial charge in [0.25, 0.3) is 0 Å². The average molecular weight is 403 g/mol. The Morgan fingerprint density at radius 1 is 1.35 bits per heavy atom. The van der Waals surface area contributed by atoms with Gasteiger partial charge in [0.1, 0.15) is 0 Å². The van der Waals surface area contributed by atoms with Gasteiger partial charge in [-0.05, 0) is 52.6 Å². The highest BCUT2D eigenvalue weighted by atomic mass is 79.9. The van der Waals surface area contributed by atoms with Gasteiger partial charge in [0.05, 0.1) is 4.90 Å². The largest absolute Gasteiger partial charge is 0.241 e. The van der Waals surface area contributed by atoms with Gasteiger partial charge in [-0.25, -0.2) is 13.1 Å². The molecule has 0 saturated heterocycles. The third-order valence-electron chi connectivity index (χ3n) is 2.00. The Labute approximate surface area is 123 Å². The number of sulfonamides is 1. The first kappa shape index (κ1) is 15.5. The van der Waals surface area contributed by atoms with Crippen LogP contribution < -0.4 is 4.72 Å². The van der Waals surface area contributed by atoms with Crippen LogP contribution in [0.4, 0.5) is 0 Å².